The summed E-state index contributed by atoms with van der Waals surface area (Å²) in [6.45, 7) is 3.83. The van der Waals surface area contributed by atoms with Crippen molar-refractivity contribution in [2.75, 3.05) is 5.32 Å². The average Bonchev–Trinajstić information content (AvgIpc) is 2.89. The van der Waals surface area contributed by atoms with Crippen LogP contribution in [-0.2, 0) is 0 Å². The van der Waals surface area contributed by atoms with Gasteiger partial charge in [0.1, 0.15) is 0 Å². The maximum atomic E-state index is 11.4. The number of pyridine rings is 1. The van der Waals surface area contributed by atoms with E-state index in [9.17, 15) is 9.90 Å². The minimum Gasteiger partial charge on any atom is -0.476 e. The van der Waals surface area contributed by atoms with Crippen LogP contribution in [0.3, 0.4) is 0 Å². The maximum absolute atomic E-state index is 11.4. The number of carbonyl (C=O) groups is 1. The van der Waals surface area contributed by atoms with Crippen LogP contribution in [0.5, 0.6) is 0 Å². The minimum atomic E-state index is -1.05. The Kier molecular flexibility index (Phi) is 3.72. The van der Waals surface area contributed by atoms with E-state index in [2.05, 4.69) is 20.3 Å². The second kappa shape index (κ2) is 5.69. The van der Waals surface area contributed by atoms with Crippen LogP contribution in [0.25, 0.3) is 10.2 Å². The fraction of sp³-hybridized carbons (Fsp3) is 0.200. The van der Waals surface area contributed by atoms with Crippen LogP contribution < -0.4 is 5.32 Å². The number of hydrogen-bond acceptors (Lipinski definition) is 6. The van der Waals surface area contributed by atoms with Gasteiger partial charge in [-0.1, -0.05) is 6.07 Å². The summed E-state index contributed by atoms with van der Waals surface area (Å²) in [5.41, 5.74) is 2.48. The summed E-state index contributed by atoms with van der Waals surface area (Å²) < 4.78 is 0.598. The molecule has 0 amide bonds. The molecule has 0 bridgehead atoms. The predicted molar refractivity (Wildman–Crippen MR) is 85.4 cm³/mol. The van der Waals surface area contributed by atoms with Crippen LogP contribution in [-0.4, -0.2) is 26.0 Å². The van der Waals surface area contributed by atoms with Crippen LogP contribution in [0, 0.1) is 6.92 Å². The third-order valence-electron chi connectivity index (χ3n) is 3.27. The van der Waals surface area contributed by atoms with E-state index in [0.717, 1.165) is 11.3 Å². The molecule has 0 fully saturated rings. The zero-order chi connectivity index (χ0) is 15.7. The largest absolute Gasteiger partial charge is 0.476 e. The first kappa shape index (κ1) is 14.4. The van der Waals surface area contributed by atoms with Gasteiger partial charge in [-0.25, -0.2) is 14.8 Å². The van der Waals surface area contributed by atoms with E-state index in [4.69, 9.17) is 0 Å². The van der Waals surface area contributed by atoms with Crippen molar-refractivity contribution in [2.24, 2.45) is 0 Å². The lowest BCUT2D eigenvalue weighted by Crippen LogP contribution is -2.13. The molecule has 22 heavy (non-hydrogen) atoms. The summed E-state index contributed by atoms with van der Waals surface area (Å²) in [7, 11) is 0. The van der Waals surface area contributed by atoms with Gasteiger partial charge < -0.3 is 10.4 Å². The Hall–Kier alpha value is -2.54. The van der Waals surface area contributed by atoms with E-state index in [0.29, 0.717) is 16.2 Å². The highest BCUT2D eigenvalue weighted by Gasteiger charge is 2.18. The molecule has 3 aromatic heterocycles. The Morgan fingerprint density at radius 3 is 2.86 bits per heavy atom. The molecule has 0 aromatic carbocycles. The zero-order valence-corrected chi connectivity index (χ0v) is 12.9. The van der Waals surface area contributed by atoms with Gasteiger partial charge in [-0.15, -0.1) is 11.3 Å². The number of nitrogens with one attached hydrogen (secondary N) is 1. The second-order valence-electron chi connectivity index (χ2n) is 4.92. The van der Waals surface area contributed by atoms with Gasteiger partial charge in [0, 0.05) is 6.20 Å². The monoisotopic (exact) mass is 314 g/mol. The highest BCUT2D eigenvalue weighted by Crippen LogP contribution is 2.28. The van der Waals surface area contributed by atoms with Crippen molar-refractivity contribution in [3.05, 3.63) is 46.7 Å². The summed E-state index contributed by atoms with van der Waals surface area (Å²) in [6, 6.07) is 5.51. The highest BCUT2D eigenvalue weighted by molar-refractivity contribution is 7.17. The van der Waals surface area contributed by atoms with Gasteiger partial charge in [0.05, 0.1) is 22.0 Å². The number of hydrogen-bond donors (Lipinski definition) is 2. The van der Waals surface area contributed by atoms with Crippen molar-refractivity contribution in [1.82, 2.24) is 15.0 Å². The number of aromatic carboxylic acids is 1. The Morgan fingerprint density at radius 2 is 2.18 bits per heavy atom. The average molecular weight is 314 g/mol. The Balaban J connectivity index is 2.00. The maximum Gasteiger partial charge on any atom is 0.356 e. The molecule has 3 rings (SSSR count). The van der Waals surface area contributed by atoms with Gasteiger partial charge in [0.25, 0.3) is 0 Å². The quantitative estimate of drug-likeness (QED) is 0.768. The normalized spacial score (nSPS) is 12.3. The molecule has 112 valence electrons. The molecule has 1 atom stereocenters. The van der Waals surface area contributed by atoms with Crippen molar-refractivity contribution in [2.45, 2.75) is 19.9 Å². The lowest BCUT2D eigenvalue weighted by Gasteiger charge is -2.13. The zero-order valence-electron chi connectivity index (χ0n) is 12.1. The van der Waals surface area contributed by atoms with E-state index in [1.807, 2.05) is 37.4 Å². The molecule has 1 unspecified atom stereocenters. The van der Waals surface area contributed by atoms with Gasteiger partial charge >= 0.3 is 5.97 Å². The van der Waals surface area contributed by atoms with Crippen LogP contribution in [0.4, 0.5) is 5.95 Å². The molecule has 0 aliphatic carbocycles. The molecule has 0 saturated carbocycles. The van der Waals surface area contributed by atoms with Gasteiger partial charge in [-0.2, -0.15) is 0 Å². The minimum absolute atomic E-state index is 0.0267. The van der Waals surface area contributed by atoms with E-state index in [1.54, 1.807) is 6.20 Å². The summed E-state index contributed by atoms with van der Waals surface area (Å²) in [6.07, 6.45) is 1.71. The lowest BCUT2D eigenvalue weighted by molar-refractivity contribution is 0.0693. The standard InChI is InChI=1S/C15H14N4O2S/c1-8-7-22-13-11(8)18-15(19-12(13)14(20)21)17-9(2)10-5-3-4-6-16-10/h3-7,9H,1-2H3,(H,20,21)(H,17,18,19). The van der Waals surface area contributed by atoms with Gasteiger partial charge in [-0.3, -0.25) is 4.98 Å². The molecule has 0 saturated heterocycles. The third kappa shape index (κ3) is 2.62. The molecule has 7 heteroatoms. The number of aryl methyl sites for hydroxylation is 1. The van der Waals surface area contributed by atoms with E-state index in [1.165, 1.54) is 11.3 Å². The number of anilines is 1. The van der Waals surface area contributed by atoms with Crippen LogP contribution >= 0.6 is 11.3 Å². The number of carboxylic acids is 1. The molecule has 3 heterocycles. The second-order valence-corrected chi connectivity index (χ2v) is 5.80. The molecule has 0 radical (unpaired) electrons. The van der Waals surface area contributed by atoms with Crippen molar-refractivity contribution < 1.29 is 9.90 Å². The number of thiophene rings is 1. The van der Waals surface area contributed by atoms with Crippen molar-refractivity contribution in [1.29, 1.82) is 0 Å². The molecule has 0 spiro atoms. The van der Waals surface area contributed by atoms with Gasteiger partial charge in [-0.05, 0) is 36.9 Å². The molecular weight excluding hydrogens is 300 g/mol. The molecule has 6 nitrogen and oxygen atoms in total. The number of fused-ring (bicyclic) bond motifs is 1. The molecule has 3 aromatic rings. The van der Waals surface area contributed by atoms with Crippen molar-refractivity contribution in [3.8, 4) is 0 Å². The number of nitrogens with zero attached hydrogens (tertiary/aromatic N) is 3. The Bertz CT molecular complexity index is 832. The topological polar surface area (TPSA) is 88.0 Å². The fourth-order valence-corrected chi connectivity index (χ4v) is 3.11. The van der Waals surface area contributed by atoms with Crippen molar-refractivity contribution in [3.63, 3.8) is 0 Å². The van der Waals surface area contributed by atoms with E-state index < -0.39 is 5.97 Å². The predicted octanol–water partition coefficient (Wildman–Crippen LogP) is 3.27. The number of carboxylic acid groups (broad SMARTS) is 1. The third-order valence-corrected chi connectivity index (χ3v) is 4.37. The molecule has 0 aliphatic rings. The van der Waals surface area contributed by atoms with Crippen molar-refractivity contribution >= 4 is 33.5 Å². The number of rotatable bonds is 4. The Morgan fingerprint density at radius 1 is 1.36 bits per heavy atom. The summed E-state index contributed by atoms with van der Waals surface area (Å²) >= 11 is 1.35. The van der Waals surface area contributed by atoms with E-state index in [-0.39, 0.29) is 11.7 Å². The van der Waals surface area contributed by atoms with Gasteiger partial charge in [0.15, 0.2) is 5.69 Å². The molecule has 2 N–H and O–H groups in total. The SMILES string of the molecule is Cc1csc2c(C(=O)O)nc(NC(C)c3ccccn3)nc12. The first-order valence-corrected chi connectivity index (χ1v) is 7.61. The summed E-state index contributed by atoms with van der Waals surface area (Å²) in [5, 5.41) is 14.3. The summed E-state index contributed by atoms with van der Waals surface area (Å²) in [4.78, 5) is 24.3. The highest BCUT2D eigenvalue weighted by atomic mass is 32.1. The van der Waals surface area contributed by atoms with Crippen LogP contribution in [0.15, 0.2) is 29.8 Å². The van der Waals surface area contributed by atoms with Crippen LogP contribution in [0.2, 0.25) is 0 Å². The Labute approximate surface area is 130 Å². The lowest BCUT2D eigenvalue weighted by atomic mass is 10.2. The van der Waals surface area contributed by atoms with Crippen LogP contribution in [0.1, 0.15) is 34.7 Å². The summed E-state index contributed by atoms with van der Waals surface area (Å²) in [5.74, 6) is -0.757. The van der Waals surface area contributed by atoms with Gasteiger partial charge in [0.2, 0.25) is 5.95 Å². The fourth-order valence-electron chi connectivity index (χ4n) is 2.14. The smallest absolute Gasteiger partial charge is 0.356 e. The molecular formula is C15H14N4O2S. The number of aromatic nitrogens is 3. The molecule has 0 aliphatic heterocycles. The first-order valence-electron chi connectivity index (χ1n) is 6.73. The first-order chi connectivity index (χ1) is 10.6. The van der Waals surface area contributed by atoms with E-state index >= 15 is 0 Å².